The first kappa shape index (κ1) is 3.62. The van der Waals surface area contributed by atoms with Crippen LogP contribution in [0.5, 0.6) is 0 Å². The van der Waals surface area contributed by atoms with Gasteiger partial charge >= 0.3 is 0 Å². The van der Waals surface area contributed by atoms with Gasteiger partial charge in [-0.2, -0.15) is 0 Å². The molecule has 0 aromatic rings. The topological polar surface area (TPSA) is 6.25 Å². The second-order valence-corrected chi connectivity index (χ2v) is 2.15. The van der Waals surface area contributed by atoms with Crippen LogP contribution in [0.3, 0.4) is 0 Å². The summed E-state index contributed by atoms with van der Waals surface area (Å²) < 4.78 is 16.2. The minimum Gasteiger partial charge on any atom is -0.294 e. The molecule has 1 saturated heterocycles. The van der Waals surface area contributed by atoms with Gasteiger partial charge in [-0.05, 0) is 7.00 Å². The van der Waals surface area contributed by atoms with Gasteiger partial charge in [-0.1, -0.05) is 0 Å². The highest BCUT2D eigenvalue weighted by Crippen LogP contribution is 1.89. The first-order valence-electron chi connectivity index (χ1n) is 3.99. The summed E-state index contributed by atoms with van der Waals surface area (Å²) in [5.74, 6) is 0. The van der Waals surface area contributed by atoms with Crippen molar-refractivity contribution in [3.05, 3.63) is 0 Å². The largest absolute Gasteiger partial charge is 0.294 e. The Morgan fingerprint density at radius 1 is 1.62 bits per heavy atom. The summed E-state index contributed by atoms with van der Waals surface area (Å²) in [6.07, 6.45) is 0. The van der Waals surface area contributed by atoms with Crippen LogP contribution >= 0.6 is 0 Å². The Labute approximate surface area is 53.2 Å². The fourth-order valence-electron chi connectivity index (χ4n) is 0.763. The maximum Gasteiger partial charge on any atom is 0.154 e. The summed E-state index contributed by atoms with van der Waals surface area (Å²) in [6, 6.07) is 0. The average Bonchev–Trinajstić information content (AvgIpc) is 1.88. The number of piperazine rings is 1. The van der Waals surface area contributed by atoms with Gasteiger partial charge in [0.1, 0.15) is 6.72 Å². The highest BCUT2D eigenvalue weighted by molar-refractivity contribution is 5.14. The third kappa shape index (κ3) is 1.30. The molecule has 1 fully saturated rings. The molecule has 0 spiro atoms. The van der Waals surface area contributed by atoms with Crippen LogP contribution in [0.15, 0.2) is 0 Å². The molecule has 0 aliphatic carbocycles. The Balaban J connectivity index is 2.33. The van der Waals surface area contributed by atoms with Gasteiger partial charge in [-0.3, -0.25) is 4.90 Å². The van der Waals surface area contributed by atoms with Gasteiger partial charge in [0, 0.05) is 2.74 Å². The maximum absolute atomic E-state index is 7.09. The molecule has 46 valence electrons. The van der Waals surface area contributed by atoms with E-state index in [1.807, 2.05) is 9.48 Å². The van der Waals surface area contributed by atoms with E-state index < -0.39 is 7.00 Å². The van der Waals surface area contributed by atoms with Crippen molar-refractivity contribution in [1.82, 2.24) is 4.90 Å². The third-order valence-electron chi connectivity index (χ3n) is 1.41. The van der Waals surface area contributed by atoms with Gasteiger partial charge in [0.2, 0.25) is 0 Å². The maximum atomic E-state index is 7.09. The summed E-state index contributed by atoms with van der Waals surface area (Å²) in [7, 11) is 0. The van der Waals surface area contributed by atoms with E-state index in [0.29, 0.717) is 0 Å². The lowest BCUT2D eigenvalue weighted by Gasteiger charge is -2.18. The Kier molecular flexibility index (Phi) is 1.02. The zero-order valence-corrected chi connectivity index (χ0v) is 5.01. The van der Waals surface area contributed by atoms with Crippen molar-refractivity contribution >= 4 is 6.72 Å². The fourth-order valence-corrected chi connectivity index (χ4v) is 0.763. The molecular formula is C6H13N2+. The summed E-state index contributed by atoms with van der Waals surface area (Å²) in [6.45, 7) is 6.36. The van der Waals surface area contributed by atoms with Crippen LogP contribution in [0.2, 0.25) is 0 Å². The lowest BCUT2D eigenvalue weighted by molar-refractivity contribution is -0.530. The number of hydrogen-bond donors (Lipinski definition) is 0. The molecule has 0 amide bonds. The molecule has 0 N–H and O–H groups in total. The first-order valence-corrected chi connectivity index (χ1v) is 2.84. The smallest absolute Gasteiger partial charge is 0.154 e. The molecule has 0 bridgehead atoms. The van der Waals surface area contributed by atoms with Crippen molar-refractivity contribution in [2.45, 2.75) is 0 Å². The molecule has 0 aromatic heterocycles. The molecule has 8 heavy (non-hydrogen) atoms. The van der Waals surface area contributed by atoms with Crippen molar-refractivity contribution in [2.75, 3.05) is 33.2 Å². The van der Waals surface area contributed by atoms with Crippen LogP contribution in [-0.2, 0) is 0 Å². The predicted molar refractivity (Wildman–Crippen MR) is 34.6 cm³/mol. The van der Waals surface area contributed by atoms with Crippen LogP contribution in [0, 0.1) is 0 Å². The first-order chi connectivity index (χ1) is 4.70. The van der Waals surface area contributed by atoms with Crippen molar-refractivity contribution < 1.29 is 7.32 Å². The molecule has 2 heteroatoms. The normalized spacial score (nSPS) is 27.9. The van der Waals surface area contributed by atoms with E-state index in [0.717, 1.165) is 26.2 Å². The third-order valence-corrected chi connectivity index (χ3v) is 1.41. The Bertz CT molecular complexity index is 126. The summed E-state index contributed by atoms with van der Waals surface area (Å²) in [4.78, 5) is 1.82. The molecule has 1 aliphatic heterocycles. The molecule has 0 atom stereocenters. The fraction of sp³-hybridized carbons (Fsp3) is 0.833. The van der Waals surface area contributed by atoms with E-state index in [4.69, 9.17) is 2.74 Å². The number of nitrogens with zero attached hydrogens (tertiary/aromatic N) is 2. The van der Waals surface area contributed by atoms with Gasteiger partial charge < -0.3 is 0 Å². The van der Waals surface area contributed by atoms with E-state index in [1.165, 1.54) is 0 Å². The van der Waals surface area contributed by atoms with Gasteiger partial charge in [0.05, 0.1) is 13.1 Å². The SMILES string of the molecule is [2H]C([2H])N1CC[N+](=C)CC1. The average molecular weight is 115 g/mol. The zero-order valence-electron chi connectivity index (χ0n) is 7.01. The van der Waals surface area contributed by atoms with Crippen molar-refractivity contribution in [3.63, 3.8) is 0 Å². The van der Waals surface area contributed by atoms with E-state index in [-0.39, 0.29) is 0 Å². The van der Waals surface area contributed by atoms with Crippen LogP contribution in [-0.4, -0.2) is 49.4 Å². The Morgan fingerprint density at radius 3 is 2.75 bits per heavy atom. The second-order valence-electron chi connectivity index (χ2n) is 2.15. The molecule has 1 aliphatic rings. The molecule has 0 radical (unpaired) electrons. The van der Waals surface area contributed by atoms with E-state index in [9.17, 15) is 0 Å². The van der Waals surface area contributed by atoms with E-state index >= 15 is 0 Å². The quantitative estimate of drug-likeness (QED) is 0.391. The molecule has 1 heterocycles. The second kappa shape index (κ2) is 2.27. The zero-order chi connectivity index (χ0) is 7.56. The Hall–Kier alpha value is -0.370. The predicted octanol–water partition coefficient (Wildman–Crippen LogP) is -0.355. The molecule has 1 rings (SSSR count). The van der Waals surface area contributed by atoms with Crippen LogP contribution in [0.4, 0.5) is 0 Å². The van der Waals surface area contributed by atoms with Crippen molar-refractivity contribution in [1.29, 1.82) is 0 Å². The van der Waals surface area contributed by atoms with Crippen LogP contribution in [0.1, 0.15) is 2.74 Å². The molecule has 0 aromatic carbocycles. The van der Waals surface area contributed by atoms with Crippen molar-refractivity contribution in [2.24, 2.45) is 0 Å². The highest BCUT2D eigenvalue weighted by atomic mass is 15.2. The number of likely N-dealkylation sites (N-methyl/N-ethyl adjacent to an activating group) is 1. The van der Waals surface area contributed by atoms with Gasteiger partial charge in [-0.25, -0.2) is 4.58 Å². The lowest BCUT2D eigenvalue weighted by Crippen LogP contribution is -2.38. The van der Waals surface area contributed by atoms with Crippen molar-refractivity contribution in [3.8, 4) is 0 Å². The van der Waals surface area contributed by atoms with E-state index in [1.54, 1.807) is 0 Å². The number of hydrogen-bond acceptors (Lipinski definition) is 1. The standard InChI is InChI=1S/C6H13N2/c1-7-3-5-8(2)6-4-7/h1,3-6H2,2H3/q+1/i2D2. The Morgan fingerprint density at radius 2 is 2.25 bits per heavy atom. The summed E-state index contributed by atoms with van der Waals surface area (Å²) in [5, 5.41) is 0. The molecule has 0 saturated carbocycles. The molecule has 2 nitrogen and oxygen atoms in total. The summed E-state index contributed by atoms with van der Waals surface area (Å²) in [5.41, 5.74) is 0. The summed E-state index contributed by atoms with van der Waals surface area (Å²) >= 11 is 0. The van der Waals surface area contributed by atoms with Crippen LogP contribution in [0.25, 0.3) is 0 Å². The van der Waals surface area contributed by atoms with Gasteiger partial charge in [0.15, 0.2) is 13.1 Å². The highest BCUT2D eigenvalue weighted by Gasteiger charge is 2.11. The molecular weight excluding hydrogens is 100 g/mol. The number of rotatable bonds is 0. The molecule has 0 unspecified atom stereocenters. The lowest BCUT2D eigenvalue weighted by atomic mass is 10.4. The monoisotopic (exact) mass is 115 g/mol. The minimum atomic E-state index is -0.798. The van der Waals surface area contributed by atoms with Crippen LogP contribution < -0.4 is 0 Å². The minimum absolute atomic E-state index is 0.798. The van der Waals surface area contributed by atoms with E-state index in [2.05, 4.69) is 6.72 Å². The van der Waals surface area contributed by atoms with Gasteiger partial charge in [0.25, 0.3) is 0 Å². The van der Waals surface area contributed by atoms with Gasteiger partial charge in [-0.15, -0.1) is 0 Å².